The molecular weight excluding hydrogens is 230 g/mol. The monoisotopic (exact) mass is 252 g/mol. The molecule has 0 radical (unpaired) electrons. The van der Waals surface area contributed by atoms with E-state index in [4.69, 9.17) is 9.84 Å². The summed E-state index contributed by atoms with van der Waals surface area (Å²) in [6.45, 7) is 1.27. The molecule has 1 rings (SSSR count). The Bertz CT molecular complexity index is 379. The fraction of sp³-hybridized carbons (Fsp3) is 0.500. The molecule has 0 aliphatic carbocycles. The van der Waals surface area contributed by atoms with Crippen molar-refractivity contribution in [2.75, 3.05) is 34.3 Å². The fourth-order valence-electron chi connectivity index (χ4n) is 1.41. The van der Waals surface area contributed by atoms with Gasteiger partial charge in [0.2, 0.25) is 0 Å². The summed E-state index contributed by atoms with van der Waals surface area (Å²) < 4.78 is 5.94. The summed E-state index contributed by atoms with van der Waals surface area (Å²) in [7, 11) is 6.18. The van der Waals surface area contributed by atoms with Crippen molar-refractivity contribution < 1.29 is 19.1 Å². The molecule has 0 saturated carbocycles. The molecule has 4 heteroatoms. The number of nitrogens with zero attached hydrogens (tertiary/aromatic N) is 1. The Hall–Kier alpha value is -1.55. The van der Waals surface area contributed by atoms with E-state index >= 15 is 0 Å². The van der Waals surface area contributed by atoms with Crippen molar-refractivity contribution >= 4 is 5.97 Å². The molecule has 0 aromatic heterocycles. The number of phenols is 1. The average molecular weight is 252 g/mol. The molecule has 0 aliphatic rings. The van der Waals surface area contributed by atoms with Crippen LogP contribution < -0.4 is 0 Å². The fourth-order valence-corrected chi connectivity index (χ4v) is 1.41. The quantitative estimate of drug-likeness (QED) is 0.617. The van der Waals surface area contributed by atoms with E-state index in [1.807, 2.05) is 12.1 Å². The van der Waals surface area contributed by atoms with Crippen molar-refractivity contribution in [2.45, 2.75) is 12.8 Å². The SMILES string of the molecule is C[N+](C)(C)CCOC(=O)CCc1ccc(O)cc1. The summed E-state index contributed by atoms with van der Waals surface area (Å²) in [5.41, 5.74) is 1.02. The van der Waals surface area contributed by atoms with Crippen molar-refractivity contribution in [3.05, 3.63) is 29.8 Å². The van der Waals surface area contributed by atoms with Gasteiger partial charge in [-0.2, -0.15) is 0 Å². The minimum atomic E-state index is -0.170. The number of phenolic OH excluding ortho intramolecular Hbond substituents is 1. The number of quaternary nitrogens is 1. The van der Waals surface area contributed by atoms with Gasteiger partial charge >= 0.3 is 5.97 Å². The summed E-state index contributed by atoms with van der Waals surface area (Å²) in [5.74, 6) is 0.0702. The highest BCUT2D eigenvalue weighted by Gasteiger charge is 2.09. The van der Waals surface area contributed by atoms with Crippen LogP contribution in [0.3, 0.4) is 0 Å². The van der Waals surface area contributed by atoms with Crippen LogP contribution in [0.1, 0.15) is 12.0 Å². The van der Waals surface area contributed by atoms with Gasteiger partial charge in [-0.25, -0.2) is 0 Å². The van der Waals surface area contributed by atoms with Crippen molar-refractivity contribution in [1.29, 1.82) is 0 Å². The van der Waals surface area contributed by atoms with E-state index in [1.54, 1.807) is 12.1 Å². The molecule has 1 aromatic rings. The molecule has 0 amide bonds. The largest absolute Gasteiger partial charge is 0.508 e. The number of aromatic hydroxyl groups is 1. The second-order valence-electron chi connectivity index (χ2n) is 5.40. The van der Waals surface area contributed by atoms with E-state index in [-0.39, 0.29) is 11.7 Å². The Kier molecular flexibility index (Phi) is 5.16. The molecule has 0 aliphatic heterocycles. The molecule has 100 valence electrons. The van der Waals surface area contributed by atoms with Crippen molar-refractivity contribution in [3.8, 4) is 5.75 Å². The van der Waals surface area contributed by atoms with Crippen LogP contribution in [0.4, 0.5) is 0 Å². The van der Waals surface area contributed by atoms with Crippen LogP contribution in [0.2, 0.25) is 0 Å². The van der Waals surface area contributed by atoms with Crippen LogP contribution in [0.5, 0.6) is 5.75 Å². The maximum atomic E-state index is 11.5. The first-order chi connectivity index (χ1) is 8.37. The maximum Gasteiger partial charge on any atom is 0.306 e. The lowest BCUT2D eigenvalue weighted by molar-refractivity contribution is -0.870. The minimum Gasteiger partial charge on any atom is -0.508 e. The zero-order chi connectivity index (χ0) is 13.6. The van der Waals surface area contributed by atoms with Crippen molar-refractivity contribution in [2.24, 2.45) is 0 Å². The van der Waals surface area contributed by atoms with E-state index in [0.29, 0.717) is 19.4 Å². The summed E-state index contributed by atoms with van der Waals surface area (Å²) in [4.78, 5) is 11.5. The number of rotatable bonds is 6. The minimum absolute atomic E-state index is 0.170. The lowest BCUT2D eigenvalue weighted by Gasteiger charge is -2.23. The van der Waals surface area contributed by atoms with Gasteiger partial charge in [-0.3, -0.25) is 4.79 Å². The van der Waals surface area contributed by atoms with Crippen LogP contribution >= 0.6 is 0 Å². The number of carbonyl (C=O) groups is 1. The van der Waals surface area contributed by atoms with E-state index in [2.05, 4.69) is 21.1 Å². The molecule has 1 N–H and O–H groups in total. The lowest BCUT2D eigenvalue weighted by atomic mass is 10.1. The Morgan fingerprint density at radius 1 is 1.22 bits per heavy atom. The van der Waals surface area contributed by atoms with Crippen LogP contribution in [0, 0.1) is 0 Å². The summed E-state index contributed by atoms with van der Waals surface area (Å²) in [6.07, 6.45) is 1.02. The van der Waals surface area contributed by atoms with Crippen LogP contribution in [0.15, 0.2) is 24.3 Å². The van der Waals surface area contributed by atoms with Crippen molar-refractivity contribution in [3.63, 3.8) is 0 Å². The lowest BCUT2D eigenvalue weighted by Crippen LogP contribution is -2.38. The Labute approximate surface area is 108 Å². The smallest absolute Gasteiger partial charge is 0.306 e. The van der Waals surface area contributed by atoms with Gasteiger partial charge in [-0.1, -0.05) is 12.1 Å². The zero-order valence-electron chi connectivity index (χ0n) is 11.3. The third kappa shape index (κ3) is 6.25. The third-order valence-electron chi connectivity index (χ3n) is 2.58. The van der Waals surface area contributed by atoms with E-state index in [0.717, 1.165) is 16.6 Å². The summed E-state index contributed by atoms with van der Waals surface area (Å²) in [6, 6.07) is 6.87. The normalized spacial score (nSPS) is 11.3. The number of hydrogen-bond acceptors (Lipinski definition) is 3. The third-order valence-corrected chi connectivity index (χ3v) is 2.58. The van der Waals surface area contributed by atoms with Gasteiger partial charge in [0.25, 0.3) is 0 Å². The van der Waals surface area contributed by atoms with Gasteiger partial charge in [0.15, 0.2) is 0 Å². The second kappa shape index (κ2) is 6.40. The van der Waals surface area contributed by atoms with Gasteiger partial charge < -0.3 is 14.3 Å². The molecule has 4 nitrogen and oxygen atoms in total. The molecule has 0 unspecified atom stereocenters. The highest BCUT2D eigenvalue weighted by Crippen LogP contribution is 2.11. The molecule has 0 bridgehead atoms. The standard InChI is InChI=1S/C14H21NO3/c1-15(2,3)10-11-18-14(17)9-6-12-4-7-13(16)8-5-12/h4-5,7-8H,6,9-11H2,1-3H3/p+1. The molecule has 1 aromatic carbocycles. The molecule has 0 atom stereocenters. The molecule has 18 heavy (non-hydrogen) atoms. The van der Waals surface area contributed by atoms with Crippen molar-refractivity contribution in [1.82, 2.24) is 0 Å². The predicted octanol–water partition coefficient (Wildman–Crippen LogP) is 1.57. The summed E-state index contributed by atoms with van der Waals surface area (Å²) >= 11 is 0. The predicted molar refractivity (Wildman–Crippen MR) is 70.3 cm³/mol. The number of hydrogen-bond donors (Lipinski definition) is 1. The second-order valence-corrected chi connectivity index (χ2v) is 5.40. The highest BCUT2D eigenvalue weighted by atomic mass is 16.5. The van der Waals surface area contributed by atoms with Gasteiger partial charge in [0.05, 0.1) is 21.1 Å². The Balaban J connectivity index is 2.23. The first-order valence-corrected chi connectivity index (χ1v) is 6.11. The van der Waals surface area contributed by atoms with Crippen LogP contribution in [-0.4, -0.2) is 49.9 Å². The van der Waals surface area contributed by atoms with Crippen LogP contribution in [0.25, 0.3) is 0 Å². The van der Waals surface area contributed by atoms with Gasteiger partial charge in [-0.15, -0.1) is 0 Å². The number of carbonyl (C=O) groups excluding carboxylic acids is 1. The number of benzene rings is 1. The van der Waals surface area contributed by atoms with E-state index in [1.165, 1.54) is 0 Å². The van der Waals surface area contributed by atoms with Crippen LogP contribution in [-0.2, 0) is 16.0 Å². The topological polar surface area (TPSA) is 46.5 Å². The molecular formula is C14H22NO3+. The zero-order valence-corrected chi connectivity index (χ0v) is 11.3. The average Bonchev–Trinajstić information content (AvgIpc) is 2.26. The van der Waals surface area contributed by atoms with E-state index < -0.39 is 0 Å². The molecule has 0 heterocycles. The first kappa shape index (κ1) is 14.5. The van der Waals surface area contributed by atoms with Gasteiger partial charge in [0.1, 0.15) is 18.9 Å². The number of esters is 1. The highest BCUT2D eigenvalue weighted by molar-refractivity contribution is 5.69. The molecule has 0 spiro atoms. The van der Waals surface area contributed by atoms with E-state index in [9.17, 15) is 4.79 Å². The van der Waals surface area contributed by atoms with Gasteiger partial charge in [0, 0.05) is 6.42 Å². The number of ether oxygens (including phenoxy) is 1. The Morgan fingerprint density at radius 3 is 2.39 bits per heavy atom. The maximum absolute atomic E-state index is 11.5. The first-order valence-electron chi connectivity index (χ1n) is 6.11. The Morgan fingerprint density at radius 2 is 1.83 bits per heavy atom. The van der Waals surface area contributed by atoms with Gasteiger partial charge in [-0.05, 0) is 24.1 Å². The number of aryl methyl sites for hydroxylation is 1. The molecule has 0 fully saturated rings. The summed E-state index contributed by atoms with van der Waals surface area (Å²) in [5, 5.41) is 9.13. The number of likely N-dealkylation sites (N-methyl/N-ethyl adjacent to an activating group) is 1. The molecule has 0 saturated heterocycles.